The van der Waals surface area contributed by atoms with Crippen molar-refractivity contribution in [1.82, 2.24) is 0 Å². The fraction of sp³-hybridized carbons (Fsp3) is 0.125. The molecule has 2 aromatic rings. The average molecular weight is 241 g/mol. The van der Waals surface area contributed by atoms with Crippen LogP contribution in [0.5, 0.6) is 0 Å². The van der Waals surface area contributed by atoms with Crippen molar-refractivity contribution < 1.29 is 0 Å². The van der Waals surface area contributed by atoms with Crippen LogP contribution in [0.4, 0.5) is 0 Å². The van der Waals surface area contributed by atoms with Gasteiger partial charge in [-0.15, -0.1) is 0 Å². The van der Waals surface area contributed by atoms with E-state index in [9.17, 15) is 0 Å². The molecule has 0 N–H and O–H groups in total. The molecule has 0 spiro atoms. The Bertz CT molecular complexity index is 446. The van der Waals surface area contributed by atoms with Crippen LogP contribution >= 0.6 is 7.26 Å². The molecule has 0 saturated carbocycles. The number of hydrogen-bond donors (Lipinski definition) is 0. The van der Waals surface area contributed by atoms with Crippen LogP contribution in [0.1, 0.15) is 6.92 Å². The third kappa shape index (κ3) is 2.48. The van der Waals surface area contributed by atoms with Crippen molar-refractivity contribution in [1.29, 1.82) is 0 Å². The molecule has 0 unspecified atom stereocenters. The smallest absolute Gasteiger partial charge is 0.0620 e. The molecule has 0 atom stereocenters. The summed E-state index contributed by atoms with van der Waals surface area (Å²) < 4.78 is 0. The lowest BCUT2D eigenvalue weighted by Crippen LogP contribution is -2.19. The van der Waals surface area contributed by atoms with E-state index >= 15 is 0 Å². The van der Waals surface area contributed by atoms with Crippen molar-refractivity contribution >= 4 is 17.9 Å². The topological polar surface area (TPSA) is 0 Å². The molecule has 0 saturated heterocycles. The molecule has 2 aromatic carbocycles. The first-order chi connectivity index (χ1) is 8.27. The summed E-state index contributed by atoms with van der Waals surface area (Å²) in [5.41, 5.74) is 0. The summed E-state index contributed by atoms with van der Waals surface area (Å²) in [5, 5.41) is 2.87. The molecule has 17 heavy (non-hydrogen) atoms. The Kier molecular flexibility index (Phi) is 3.76. The molecular weight excluding hydrogens is 223 g/mol. The van der Waals surface area contributed by atoms with E-state index in [4.69, 9.17) is 0 Å². The maximum Gasteiger partial charge on any atom is 0.103 e. The maximum absolute atomic E-state index is 2.37. The lowest BCUT2D eigenvalue weighted by Gasteiger charge is -2.18. The largest absolute Gasteiger partial charge is 0.103 e. The fourth-order valence-corrected chi connectivity index (χ4v) is 4.92. The standard InChI is InChI=1S/C16H18P/c1-3-14-17(2,15-10-6-4-7-11-15)16-12-8-5-9-13-16/h3-14H,1-2H3/q+1/b14-3+. The second kappa shape index (κ2) is 5.29. The van der Waals surface area contributed by atoms with Crippen LogP contribution < -0.4 is 10.6 Å². The second-order valence-electron chi connectivity index (χ2n) is 4.23. The normalized spacial score (nSPS) is 11.9. The summed E-state index contributed by atoms with van der Waals surface area (Å²) in [5.74, 6) is 2.37. The molecule has 0 aliphatic heterocycles. The quantitative estimate of drug-likeness (QED) is 0.717. The van der Waals surface area contributed by atoms with E-state index in [2.05, 4.69) is 86.1 Å². The lowest BCUT2D eigenvalue weighted by atomic mass is 10.4. The van der Waals surface area contributed by atoms with Crippen molar-refractivity contribution in [2.75, 3.05) is 6.66 Å². The van der Waals surface area contributed by atoms with Gasteiger partial charge in [0.15, 0.2) is 0 Å². The van der Waals surface area contributed by atoms with Crippen molar-refractivity contribution in [3.05, 3.63) is 72.6 Å². The van der Waals surface area contributed by atoms with E-state index in [1.165, 1.54) is 10.6 Å². The highest BCUT2D eigenvalue weighted by Gasteiger charge is 2.34. The Labute approximate surface area is 104 Å². The third-order valence-electron chi connectivity index (χ3n) is 3.03. The molecule has 0 heterocycles. The van der Waals surface area contributed by atoms with Crippen LogP contribution in [0.2, 0.25) is 0 Å². The summed E-state index contributed by atoms with van der Waals surface area (Å²) in [4.78, 5) is 0. The summed E-state index contributed by atoms with van der Waals surface area (Å²) >= 11 is 0. The van der Waals surface area contributed by atoms with Crippen molar-refractivity contribution in [2.45, 2.75) is 6.92 Å². The highest BCUT2D eigenvalue weighted by molar-refractivity contribution is 7.91. The van der Waals surface area contributed by atoms with E-state index in [1.54, 1.807) is 0 Å². The molecule has 0 aliphatic rings. The van der Waals surface area contributed by atoms with Crippen LogP contribution in [0.15, 0.2) is 72.6 Å². The van der Waals surface area contributed by atoms with Gasteiger partial charge in [0.25, 0.3) is 0 Å². The monoisotopic (exact) mass is 241 g/mol. The number of rotatable bonds is 3. The Morgan fingerprint density at radius 3 is 1.53 bits per heavy atom. The first-order valence-corrected chi connectivity index (χ1v) is 8.19. The van der Waals surface area contributed by atoms with Gasteiger partial charge in [-0.05, 0) is 31.2 Å². The van der Waals surface area contributed by atoms with Gasteiger partial charge in [-0.25, -0.2) is 0 Å². The average Bonchev–Trinajstić information content (AvgIpc) is 2.41. The van der Waals surface area contributed by atoms with Crippen molar-refractivity contribution in [3.63, 3.8) is 0 Å². The highest BCUT2D eigenvalue weighted by Crippen LogP contribution is 2.53. The van der Waals surface area contributed by atoms with E-state index < -0.39 is 7.26 Å². The van der Waals surface area contributed by atoms with Gasteiger partial charge < -0.3 is 0 Å². The summed E-state index contributed by atoms with van der Waals surface area (Å²) in [6.07, 6.45) is 2.17. The summed E-state index contributed by atoms with van der Waals surface area (Å²) in [6.45, 7) is 4.47. The van der Waals surface area contributed by atoms with Gasteiger partial charge in [0, 0.05) is 0 Å². The molecule has 0 bridgehead atoms. The van der Waals surface area contributed by atoms with Gasteiger partial charge >= 0.3 is 0 Å². The fourth-order valence-electron chi connectivity index (χ4n) is 2.09. The Morgan fingerprint density at radius 1 is 0.765 bits per heavy atom. The molecule has 0 amide bonds. The molecule has 2 rings (SSSR count). The molecular formula is C16H18P+. The van der Waals surface area contributed by atoms with E-state index in [-0.39, 0.29) is 0 Å². The lowest BCUT2D eigenvalue weighted by molar-refractivity contribution is 1.72. The predicted octanol–water partition coefficient (Wildman–Crippen LogP) is 3.82. The van der Waals surface area contributed by atoms with E-state index in [1.807, 2.05) is 0 Å². The van der Waals surface area contributed by atoms with Gasteiger partial charge in [0.1, 0.15) is 17.9 Å². The third-order valence-corrected chi connectivity index (χ3v) is 6.67. The van der Waals surface area contributed by atoms with Gasteiger partial charge in [0.05, 0.1) is 12.5 Å². The van der Waals surface area contributed by atoms with Crippen molar-refractivity contribution in [2.24, 2.45) is 0 Å². The zero-order valence-corrected chi connectivity index (χ0v) is 11.3. The Balaban J connectivity index is 2.55. The van der Waals surface area contributed by atoms with Gasteiger partial charge in [0.2, 0.25) is 0 Å². The van der Waals surface area contributed by atoms with Crippen LogP contribution in [-0.4, -0.2) is 6.66 Å². The molecule has 0 radical (unpaired) electrons. The maximum atomic E-state index is 2.37. The zero-order valence-electron chi connectivity index (χ0n) is 10.4. The second-order valence-corrected chi connectivity index (χ2v) is 7.71. The first-order valence-electron chi connectivity index (χ1n) is 5.88. The Morgan fingerprint density at radius 2 is 1.18 bits per heavy atom. The molecule has 0 aromatic heterocycles. The minimum absolute atomic E-state index is 1.35. The van der Waals surface area contributed by atoms with Gasteiger partial charge in [-0.1, -0.05) is 42.5 Å². The number of benzene rings is 2. The predicted molar refractivity (Wildman–Crippen MR) is 79.8 cm³/mol. The molecule has 1 heteroatoms. The van der Waals surface area contributed by atoms with Crippen LogP contribution in [0.3, 0.4) is 0 Å². The van der Waals surface area contributed by atoms with Gasteiger partial charge in [-0.2, -0.15) is 0 Å². The molecule has 0 fully saturated rings. The van der Waals surface area contributed by atoms with E-state index in [0.29, 0.717) is 0 Å². The minimum Gasteiger partial charge on any atom is -0.0620 e. The van der Waals surface area contributed by atoms with Crippen molar-refractivity contribution in [3.8, 4) is 0 Å². The highest BCUT2D eigenvalue weighted by atomic mass is 31.2. The number of hydrogen-bond acceptors (Lipinski definition) is 0. The first kappa shape index (κ1) is 12.1. The minimum atomic E-state index is -1.35. The molecule has 86 valence electrons. The van der Waals surface area contributed by atoms with Gasteiger partial charge in [-0.3, -0.25) is 0 Å². The summed E-state index contributed by atoms with van der Waals surface area (Å²) in [7, 11) is -1.35. The van der Waals surface area contributed by atoms with Crippen LogP contribution in [0, 0.1) is 0 Å². The Hall–Kier alpha value is -1.39. The molecule has 0 nitrogen and oxygen atoms in total. The summed E-state index contributed by atoms with van der Waals surface area (Å²) in [6, 6.07) is 21.6. The zero-order chi connectivity index (χ0) is 12.1. The van der Waals surface area contributed by atoms with E-state index in [0.717, 1.165) is 0 Å². The molecule has 0 aliphatic carbocycles. The van der Waals surface area contributed by atoms with Crippen LogP contribution in [-0.2, 0) is 0 Å². The number of allylic oxidation sites excluding steroid dienone is 1. The van der Waals surface area contributed by atoms with Crippen LogP contribution in [0.25, 0.3) is 0 Å². The SMILES string of the molecule is C/C=C/[P+](C)(c1ccccc1)c1ccccc1.